The summed E-state index contributed by atoms with van der Waals surface area (Å²) in [5.41, 5.74) is 0. The predicted octanol–water partition coefficient (Wildman–Crippen LogP) is 3.34. The maximum absolute atomic E-state index is 9.43. The van der Waals surface area contributed by atoms with Crippen LogP contribution in [0.1, 0.15) is 51.9 Å². The molecule has 0 spiro atoms. The van der Waals surface area contributed by atoms with Gasteiger partial charge in [0.25, 0.3) is 0 Å². The van der Waals surface area contributed by atoms with E-state index in [2.05, 4.69) is 18.8 Å². The molecule has 0 aromatic rings. The molecule has 0 saturated carbocycles. The molecule has 0 aromatic carbocycles. The fourth-order valence-electron chi connectivity index (χ4n) is 1.16. The first kappa shape index (κ1) is 13.8. The Bertz CT molecular complexity index is 169. The van der Waals surface area contributed by atoms with Gasteiger partial charge in [0.05, 0.1) is 0 Å². The zero-order chi connectivity index (χ0) is 10.6. The van der Waals surface area contributed by atoms with Gasteiger partial charge in [0.15, 0.2) is 0 Å². The van der Waals surface area contributed by atoms with Crippen LogP contribution in [-0.4, -0.2) is 17.1 Å². The fourth-order valence-corrected chi connectivity index (χ4v) is 1.35. The summed E-state index contributed by atoms with van der Waals surface area (Å²) < 4.78 is 0. The van der Waals surface area contributed by atoms with Crippen LogP contribution in [0.3, 0.4) is 0 Å². The van der Waals surface area contributed by atoms with Crippen LogP contribution in [0.15, 0.2) is 0 Å². The summed E-state index contributed by atoms with van der Waals surface area (Å²) in [6, 6.07) is 0. The Kier molecular flexibility index (Phi) is 10.7. The minimum absolute atomic E-state index is 0.419. The van der Waals surface area contributed by atoms with Crippen molar-refractivity contribution in [3.05, 3.63) is 0 Å². The van der Waals surface area contributed by atoms with Gasteiger partial charge in [-0.05, 0) is 25.7 Å². The number of alkyl halides is 1. The first-order chi connectivity index (χ1) is 6.81. The molecule has 0 radical (unpaired) electrons. The quantitative estimate of drug-likeness (QED) is 0.393. The van der Waals surface area contributed by atoms with Gasteiger partial charge in [-0.2, -0.15) is 0 Å². The summed E-state index contributed by atoms with van der Waals surface area (Å²) in [4.78, 5) is 0. The lowest BCUT2D eigenvalue weighted by Crippen LogP contribution is -2.01. The molecule has 2 heteroatoms. The third kappa shape index (κ3) is 9.89. The maximum Gasteiger partial charge on any atom is 0.114 e. The van der Waals surface area contributed by atoms with Crippen molar-refractivity contribution in [3.8, 4) is 11.8 Å². The van der Waals surface area contributed by atoms with E-state index in [9.17, 15) is 5.11 Å². The lowest BCUT2D eigenvalue weighted by Gasteiger charge is -2.00. The third-order valence-corrected chi connectivity index (χ3v) is 2.30. The predicted molar refractivity (Wildman–Crippen MR) is 62.5 cm³/mol. The van der Waals surface area contributed by atoms with Gasteiger partial charge in [-0.1, -0.05) is 25.7 Å². The summed E-state index contributed by atoms with van der Waals surface area (Å²) in [5, 5.41) is 9.43. The Balaban J connectivity index is 3.34. The smallest absolute Gasteiger partial charge is 0.114 e. The lowest BCUT2D eigenvalue weighted by molar-refractivity contribution is 0.217. The zero-order valence-electron chi connectivity index (χ0n) is 9.06. The van der Waals surface area contributed by atoms with Crippen LogP contribution in [0.5, 0.6) is 0 Å². The Morgan fingerprint density at radius 3 is 2.64 bits per heavy atom. The van der Waals surface area contributed by atoms with E-state index >= 15 is 0 Å². The van der Waals surface area contributed by atoms with Crippen molar-refractivity contribution >= 4 is 11.6 Å². The van der Waals surface area contributed by atoms with Crippen LogP contribution in [0.4, 0.5) is 0 Å². The molecule has 1 nitrogen and oxygen atoms in total. The van der Waals surface area contributed by atoms with Crippen molar-refractivity contribution in [2.24, 2.45) is 0 Å². The highest BCUT2D eigenvalue weighted by molar-refractivity contribution is 6.17. The summed E-state index contributed by atoms with van der Waals surface area (Å²) in [7, 11) is 0. The molecule has 1 N–H and O–H groups in total. The summed E-state index contributed by atoms with van der Waals surface area (Å²) in [6.07, 6.45) is 6.76. The third-order valence-electron chi connectivity index (χ3n) is 2.04. The maximum atomic E-state index is 9.43. The molecule has 0 aliphatic heterocycles. The first-order valence-electron chi connectivity index (χ1n) is 5.53. The SMILES string of the molecule is CCCCCC(O)C#CCCCCCl. The van der Waals surface area contributed by atoms with Crippen molar-refractivity contribution < 1.29 is 5.11 Å². The fraction of sp³-hybridized carbons (Fsp3) is 0.833. The monoisotopic (exact) mass is 216 g/mol. The van der Waals surface area contributed by atoms with Gasteiger partial charge in [0.1, 0.15) is 6.10 Å². The molecular formula is C12H21ClO. The molecule has 0 aliphatic rings. The molecule has 0 heterocycles. The van der Waals surface area contributed by atoms with Crippen molar-refractivity contribution in [2.45, 2.75) is 58.0 Å². The normalized spacial score (nSPS) is 11.9. The average Bonchev–Trinajstić information content (AvgIpc) is 2.18. The second kappa shape index (κ2) is 10.9. The Morgan fingerprint density at radius 2 is 2.00 bits per heavy atom. The van der Waals surface area contributed by atoms with E-state index in [-0.39, 0.29) is 0 Å². The number of hydrogen-bond donors (Lipinski definition) is 1. The molecule has 0 fully saturated rings. The van der Waals surface area contributed by atoms with Crippen LogP contribution in [0.25, 0.3) is 0 Å². The Hall–Kier alpha value is -0.190. The van der Waals surface area contributed by atoms with Crippen molar-refractivity contribution in [1.82, 2.24) is 0 Å². The largest absolute Gasteiger partial charge is 0.380 e. The minimum Gasteiger partial charge on any atom is -0.380 e. The molecule has 14 heavy (non-hydrogen) atoms. The number of hydrogen-bond acceptors (Lipinski definition) is 1. The highest BCUT2D eigenvalue weighted by atomic mass is 35.5. The number of aliphatic hydroxyl groups is 1. The second-order valence-corrected chi connectivity index (χ2v) is 3.86. The van der Waals surface area contributed by atoms with E-state index < -0.39 is 6.10 Å². The topological polar surface area (TPSA) is 20.2 Å². The van der Waals surface area contributed by atoms with Crippen LogP contribution in [0, 0.1) is 11.8 Å². The van der Waals surface area contributed by atoms with E-state index in [1.165, 1.54) is 12.8 Å². The molecule has 1 atom stereocenters. The molecule has 0 rings (SSSR count). The number of rotatable bonds is 7. The van der Waals surface area contributed by atoms with Gasteiger partial charge >= 0.3 is 0 Å². The van der Waals surface area contributed by atoms with Gasteiger partial charge in [-0.15, -0.1) is 17.5 Å². The van der Waals surface area contributed by atoms with E-state index in [0.717, 1.165) is 32.1 Å². The van der Waals surface area contributed by atoms with E-state index in [0.29, 0.717) is 5.88 Å². The van der Waals surface area contributed by atoms with Crippen LogP contribution in [0.2, 0.25) is 0 Å². The van der Waals surface area contributed by atoms with Gasteiger partial charge < -0.3 is 5.11 Å². The van der Waals surface area contributed by atoms with Gasteiger partial charge in [-0.3, -0.25) is 0 Å². The molecule has 0 aliphatic carbocycles. The van der Waals surface area contributed by atoms with Crippen molar-refractivity contribution in [3.63, 3.8) is 0 Å². The molecule has 0 aromatic heterocycles. The van der Waals surface area contributed by atoms with Crippen LogP contribution in [-0.2, 0) is 0 Å². The number of halogens is 1. The molecule has 1 unspecified atom stereocenters. The van der Waals surface area contributed by atoms with Crippen molar-refractivity contribution in [2.75, 3.05) is 5.88 Å². The highest BCUT2D eigenvalue weighted by Crippen LogP contribution is 2.02. The van der Waals surface area contributed by atoms with Crippen LogP contribution < -0.4 is 0 Å². The standard InChI is InChI=1S/C12H21ClO/c1-2-3-6-9-12(14)10-7-4-5-8-11-13/h12,14H,2-6,8-9,11H2,1H3. The van der Waals surface area contributed by atoms with E-state index in [1.807, 2.05) is 0 Å². The number of unbranched alkanes of at least 4 members (excludes halogenated alkanes) is 4. The van der Waals surface area contributed by atoms with E-state index in [1.54, 1.807) is 0 Å². The molecule has 0 saturated heterocycles. The summed E-state index contributed by atoms with van der Waals surface area (Å²) >= 11 is 5.53. The lowest BCUT2D eigenvalue weighted by atomic mass is 10.1. The molecule has 82 valence electrons. The van der Waals surface area contributed by atoms with Gasteiger partial charge in [0.2, 0.25) is 0 Å². The minimum atomic E-state index is -0.419. The Labute approximate surface area is 92.9 Å². The molecule has 0 bridgehead atoms. The number of aliphatic hydroxyl groups excluding tert-OH is 1. The van der Waals surface area contributed by atoms with Crippen molar-refractivity contribution in [1.29, 1.82) is 0 Å². The van der Waals surface area contributed by atoms with E-state index in [4.69, 9.17) is 11.6 Å². The molecular weight excluding hydrogens is 196 g/mol. The Morgan fingerprint density at radius 1 is 1.21 bits per heavy atom. The highest BCUT2D eigenvalue weighted by Gasteiger charge is 1.96. The first-order valence-corrected chi connectivity index (χ1v) is 6.07. The zero-order valence-corrected chi connectivity index (χ0v) is 9.82. The van der Waals surface area contributed by atoms with Gasteiger partial charge in [-0.25, -0.2) is 0 Å². The second-order valence-electron chi connectivity index (χ2n) is 3.48. The van der Waals surface area contributed by atoms with Crippen LogP contribution >= 0.6 is 11.6 Å². The average molecular weight is 217 g/mol. The van der Waals surface area contributed by atoms with Gasteiger partial charge in [0, 0.05) is 12.3 Å². The molecule has 0 amide bonds. The summed E-state index contributed by atoms with van der Waals surface area (Å²) in [5.74, 6) is 6.56. The summed E-state index contributed by atoms with van der Waals surface area (Å²) in [6.45, 7) is 2.16.